The Bertz CT molecular complexity index is 1040. The Morgan fingerprint density at radius 2 is 1.89 bits per heavy atom. The molecule has 0 spiro atoms. The number of aromatic hydroxyl groups is 1. The van der Waals surface area contributed by atoms with Gasteiger partial charge in [0.05, 0.1) is 17.3 Å². The van der Waals surface area contributed by atoms with Crippen LogP contribution in [0.2, 0.25) is 0 Å². The van der Waals surface area contributed by atoms with E-state index in [1.165, 1.54) is 24.4 Å². The van der Waals surface area contributed by atoms with E-state index in [0.717, 1.165) is 11.1 Å². The number of phenolic OH excluding ortho intramolecular Hbond substituents is 1. The molecule has 0 aliphatic carbocycles. The Morgan fingerprint density at radius 1 is 1.11 bits per heavy atom. The average Bonchev–Trinajstić information content (AvgIpc) is 3.10. The Hall–Kier alpha value is -3.87. The van der Waals surface area contributed by atoms with E-state index in [1.54, 1.807) is 43.3 Å². The Kier molecular flexibility index (Phi) is 5.03. The smallest absolute Gasteiger partial charge is 0.335 e. The number of hydrogen-bond acceptors (Lipinski definition) is 5. The van der Waals surface area contributed by atoms with Crippen molar-refractivity contribution in [2.75, 3.05) is 0 Å². The van der Waals surface area contributed by atoms with Crippen molar-refractivity contribution in [2.24, 2.45) is 5.10 Å². The summed E-state index contributed by atoms with van der Waals surface area (Å²) in [5.74, 6) is -0.707. The van der Waals surface area contributed by atoms with Crippen molar-refractivity contribution in [1.82, 2.24) is 5.43 Å². The van der Waals surface area contributed by atoms with Crippen LogP contribution in [-0.2, 0) is 0 Å². The van der Waals surface area contributed by atoms with E-state index in [0.29, 0.717) is 11.5 Å². The van der Waals surface area contributed by atoms with Crippen molar-refractivity contribution in [2.45, 2.75) is 6.92 Å². The summed E-state index contributed by atoms with van der Waals surface area (Å²) in [6.07, 6.45) is 1.34. The molecular formula is C20H16N2O5. The molecule has 0 aliphatic rings. The van der Waals surface area contributed by atoms with Gasteiger partial charge in [0, 0.05) is 5.56 Å². The van der Waals surface area contributed by atoms with Gasteiger partial charge in [-0.15, -0.1) is 0 Å². The van der Waals surface area contributed by atoms with Gasteiger partial charge in [0.15, 0.2) is 0 Å². The van der Waals surface area contributed by atoms with Gasteiger partial charge in [-0.2, -0.15) is 5.10 Å². The summed E-state index contributed by atoms with van der Waals surface area (Å²) >= 11 is 0. The zero-order chi connectivity index (χ0) is 19.4. The third kappa shape index (κ3) is 4.04. The Balaban J connectivity index is 1.71. The number of carboxylic acid groups (broad SMARTS) is 1. The molecule has 7 heteroatoms. The van der Waals surface area contributed by atoms with E-state index in [2.05, 4.69) is 10.5 Å². The van der Waals surface area contributed by atoms with Gasteiger partial charge in [0.25, 0.3) is 5.91 Å². The molecule has 7 nitrogen and oxygen atoms in total. The van der Waals surface area contributed by atoms with Crippen molar-refractivity contribution >= 4 is 18.1 Å². The van der Waals surface area contributed by atoms with Gasteiger partial charge < -0.3 is 14.6 Å². The lowest BCUT2D eigenvalue weighted by Crippen LogP contribution is -2.17. The number of rotatable bonds is 5. The molecule has 2 aromatic carbocycles. The van der Waals surface area contributed by atoms with Crippen LogP contribution in [0, 0.1) is 6.92 Å². The Morgan fingerprint density at radius 3 is 2.59 bits per heavy atom. The number of amides is 1. The van der Waals surface area contributed by atoms with Crippen LogP contribution in [-0.4, -0.2) is 28.3 Å². The maximum Gasteiger partial charge on any atom is 0.335 e. The van der Waals surface area contributed by atoms with Crippen LogP contribution in [0.3, 0.4) is 0 Å². The first kappa shape index (κ1) is 17.9. The molecule has 3 aromatic rings. The van der Waals surface area contributed by atoms with Crippen LogP contribution in [0.15, 0.2) is 64.1 Å². The molecule has 1 amide bonds. The first-order valence-electron chi connectivity index (χ1n) is 8.01. The maximum atomic E-state index is 12.0. The van der Waals surface area contributed by atoms with Crippen LogP contribution in [0.5, 0.6) is 5.75 Å². The van der Waals surface area contributed by atoms with Gasteiger partial charge in [-0.1, -0.05) is 18.2 Å². The molecule has 0 atom stereocenters. The summed E-state index contributed by atoms with van der Waals surface area (Å²) in [5.41, 5.74) is 4.16. The molecule has 27 heavy (non-hydrogen) atoms. The van der Waals surface area contributed by atoms with Crippen molar-refractivity contribution in [3.05, 3.63) is 77.0 Å². The second kappa shape index (κ2) is 7.57. The highest BCUT2D eigenvalue weighted by Gasteiger charge is 2.11. The number of para-hydroxylation sites is 1. The first-order chi connectivity index (χ1) is 13.0. The van der Waals surface area contributed by atoms with Crippen LogP contribution in [0.4, 0.5) is 0 Å². The highest BCUT2D eigenvalue weighted by molar-refractivity contribution is 5.97. The van der Waals surface area contributed by atoms with Crippen molar-refractivity contribution in [3.63, 3.8) is 0 Å². The van der Waals surface area contributed by atoms with Gasteiger partial charge in [0.1, 0.15) is 17.3 Å². The number of furan rings is 1. The van der Waals surface area contributed by atoms with Gasteiger partial charge in [-0.3, -0.25) is 4.79 Å². The summed E-state index contributed by atoms with van der Waals surface area (Å²) in [5, 5.41) is 22.5. The molecule has 1 aromatic heterocycles. The summed E-state index contributed by atoms with van der Waals surface area (Å²) in [4.78, 5) is 23.0. The fourth-order valence-electron chi connectivity index (χ4n) is 2.52. The number of aromatic carboxylic acids is 1. The normalized spacial score (nSPS) is 10.9. The largest absolute Gasteiger partial charge is 0.507 e. The second-order valence-corrected chi connectivity index (χ2v) is 5.75. The second-order valence-electron chi connectivity index (χ2n) is 5.75. The van der Waals surface area contributed by atoms with Gasteiger partial charge in [0.2, 0.25) is 0 Å². The summed E-state index contributed by atoms with van der Waals surface area (Å²) in [6.45, 7) is 1.80. The lowest BCUT2D eigenvalue weighted by atomic mass is 10.0. The lowest BCUT2D eigenvalue weighted by molar-refractivity contribution is 0.0696. The molecule has 136 valence electrons. The molecule has 3 N–H and O–H groups in total. The minimum Gasteiger partial charge on any atom is -0.507 e. The predicted octanol–water partition coefficient (Wildman–Crippen LogP) is 3.42. The van der Waals surface area contributed by atoms with Crippen molar-refractivity contribution < 1.29 is 24.2 Å². The van der Waals surface area contributed by atoms with Crippen LogP contribution in [0.25, 0.3) is 11.3 Å². The first-order valence-corrected chi connectivity index (χ1v) is 8.01. The third-order valence-electron chi connectivity index (χ3n) is 3.87. The van der Waals surface area contributed by atoms with E-state index in [-0.39, 0.29) is 16.9 Å². The molecule has 0 fully saturated rings. The number of carboxylic acids is 1. The van der Waals surface area contributed by atoms with Gasteiger partial charge in [-0.05, 0) is 48.9 Å². The molecule has 0 bridgehead atoms. The topological polar surface area (TPSA) is 112 Å². The predicted molar refractivity (Wildman–Crippen MR) is 99.0 cm³/mol. The highest BCUT2D eigenvalue weighted by atomic mass is 16.4. The highest BCUT2D eigenvalue weighted by Crippen LogP contribution is 2.26. The zero-order valence-corrected chi connectivity index (χ0v) is 14.3. The zero-order valence-electron chi connectivity index (χ0n) is 14.3. The van der Waals surface area contributed by atoms with E-state index in [4.69, 9.17) is 9.52 Å². The molecule has 1 heterocycles. The third-order valence-corrected chi connectivity index (χ3v) is 3.87. The number of phenols is 1. The Labute approximate surface area is 154 Å². The molecule has 0 saturated heterocycles. The quantitative estimate of drug-likeness (QED) is 0.474. The lowest BCUT2D eigenvalue weighted by Gasteiger charge is -2.04. The maximum absolute atomic E-state index is 12.0. The number of hydrazone groups is 1. The number of carbonyl (C=O) groups is 2. The molecule has 3 rings (SSSR count). The van der Waals surface area contributed by atoms with Crippen molar-refractivity contribution in [3.8, 4) is 17.1 Å². The van der Waals surface area contributed by atoms with Crippen LogP contribution in [0.1, 0.15) is 32.0 Å². The van der Waals surface area contributed by atoms with Crippen LogP contribution >= 0.6 is 0 Å². The number of carbonyl (C=O) groups excluding carboxylic acids is 1. The minimum absolute atomic E-state index is 0.115. The number of nitrogens with one attached hydrogen (secondary N) is 1. The monoisotopic (exact) mass is 364 g/mol. The van der Waals surface area contributed by atoms with E-state index in [1.807, 2.05) is 0 Å². The van der Waals surface area contributed by atoms with E-state index in [9.17, 15) is 14.7 Å². The molecule has 0 radical (unpaired) electrons. The van der Waals surface area contributed by atoms with Crippen LogP contribution < -0.4 is 5.43 Å². The SMILES string of the molecule is Cc1cc(C(=O)O)ccc1-c1ccc(/C=N\NC(=O)c2ccccc2O)o1. The molecule has 0 unspecified atom stereocenters. The number of benzene rings is 2. The fraction of sp³-hybridized carbons (Fsp3) is 0.0500. The van der Waals surface area contributed by atoms with Crippen molar-refractivity contribution in [1.29, 1.82) is 0 Å². The number of nitrogens with zero attached hydrogens (tertiary/aromatic N) is 1. The minimum atomic E-state index is -0.989. The van der Waals surface area contributed by atoms with E-state index >= 15 is 0 Å². The fourth-order valence-corrected chi connectivity index (χ4v) is 2.52. The summed E-state index contributed by atoms with van der Waals surface area (Å²) < 4.78 is 5.66. The molecule has 0 aliphatic heterocycles. The van der Waals surface area contributed by atoms with Gasteiger partial charge in [-0.25, -0.2) is 10.2 Å². The average molecular weight is 364 g/mol. The summed E-state index contributed by atoms with van der Waals surface area (Å²) in [6, 6.07) is 14.3. The van der Waals surface area contributed by atoms with Gasteiger partial charge >= 0.3 is 5.97 Å². The summed E-state index contributed by atoms with van der Waals surface area (Å²) in [7, 11) is 0. The van der Waals surface area contributed by atoms with E-state index < -0.39 is 11.9 Å². The number of hydrogen-bond donors (Lipinski definition) is 3. The molecular weight excluding hydrogens is 348 g/mol. The molecule has 0 saturated carbocycles. The standard InChI is InChI=1S/C20H16N2O5/c1-12-10-13(20(25)26)6-8-15(12)18-9-7-14(27-18)11-21-22-19(24)16-4-2-3-5-17(16)23/h2-11,23H,1H3,(H,22,24)(H,25,26)/b21-11-. The number of aryl methyl sites for hydroxylation is 1.